The molecule has 0 aromatic heterocycles. The normalized spacial score (nSPS) is 11.3. The van der Waals surface area contributed by atoms with E-state index in [1.54, 1.807) is 26.4 Å². The summed E-state index contributed by atoms with van der Waals surface area (Å²) in [6.07, 6.45) is 0.406. The highest BCUT2D eigenvalue weighted by Crippen LogP contribution is 2.27. The van der Waals surface area contributed by atoms with Gasteiger partial charge in [-0.1, -0.05) is 35.9 Å². The van der Waals surface area contributed by atoms with Gasteiger partial charge in [-0.3, -0.25) is 0 Å². The molecule has 2 rings (SSSR count). The second-order valence-corrected chi connectivity index (χ2v) is 7.49. The summed E-state index contributed by atoms with van der Waals surface area (Å²) in [5.74, 6) is 1.25. The van der Waals surface area contributed by atoms with E-state index in [1.165, 1.54) is 0 Å². The summed E-state index contributed by atoms with van der Waals surface area (Å²) in [7, 11) is -0.224. The number of hydrogen-bond acceptors (Lipinski definition) is 4. The number of ether oxygens (including phenoxy) is 2. The van der Waals surface area contributed by atoms with E-state index in [0.29, 0.717) is 24.5 Å². The zero-order chi connectivity index (χ0) is 17.6. The smallest absolute Gasteiger partial charge is 0.212 e. The van der Waals surface area contributed by atoms with Crippen molar-refractivity contribution < 1.29 is 17.9 Å². The molecule has 0 spiro atoms. The molecule has 2 aromatic rings. The lowest BCUT2D eigenvalue weighted by Crippen LogP contribution is -2.26. The van der Waals surface area contributed by atoms with Gasteiger partial charge >= 0.3 is 0 Å². The molecule has 0 unspecified atom stereocenters. The highest BCUT2D eigenvalue weighted by atomic mass is 32.2. The molecule has 130 valence electrons. The first kappa shape index (κ1) is 18.3. The third kappa shape index (κ3) is 5.25. The van der Waals surface area contributed by atoms with Crippen LogP contribution in [0.1, 0.15) is 16.7 Å². The minimum Gasteiger partial charge on any atom is -0.493 e. The van der Waals surface area contributed by atoms with Gasteiger partial charge in [-0.15, -0.1) is 0 Å². The van der Waals surface area contributed by atoms with E-state index in [4.69, 9.17) is 9.47 Å². The van der Waals surface area contributed by atoms with E-state index in [9.17, 15) is 8.42 Å². The fourth-order valence-electron chi connectivity index (χ4n) is 2.38. The Morgan fingerprint density at radius 1 is 0.958 bits per heavy atom. The van der Waals surface area contributed by atoms with Gasteiger partial charge in [0.1, 0.15) is 0 Å². The van der Waals surface area contributed by atoms with Gasteiger partial charge in [-0.2, -0.15) is 0 Å². The molecule has 0 amide bonds. The topological polar surface area (TPSA) is 64.6 Å². The summed E-state index contributed by atoms with van der Waals surface area (Å²) in [5, 5.41) is 0. The molecule has 6 heteroatoms. The molecule has 0 atom stereocenters. The summed E-state index contributed by atoms with van der Waals surface area (Å²) in [5.41, 5.74) is 2.94. The average molecular weight is 349 g/mol. The Kier molecular flexibility index (Phi) is 6.23. The monoisotopic (exact) mass is 349 g/mol. The quantitative estimate of drug-likeness (QED) is 0.796. The highest BCUT2D eigenvalue weighted by molar-refractivity contribution is 7.89. The molecular formula is C18H23NO4S. The number of methoxy groups -OCH3 is 2. The summed E-state index contributed by atoms with van der Waals surface area (Å²) in [4.78, 5) is 0. The highest BCUT2D eigenvalue weighted by Gasteiger charge is 2.12. The summed E-state index contributed by atoms with van der Waals surface area (Å²) >= 11 is 0. The molecule has 5 nitrogen and oxygen atoms in total. The lowest BCUT2D eigenvalue weighted by Gasteiger charge is -2.10. The van der Waals surface area contributed by atoms with E-state index in [-0.39, 0.29) is 5.75 Å². The van der Waals surface area contributed by atoms with Crippen LogP contribution in [0.15, 0.2) is 42.5 Å². The Morgan fingerprint density at radius 2 is 1.71 bits per heavy atom. The Morgan fingerprint density at radius 3 is 2.38 bits per heavy atom. The number of sulfonamides is 1. The molecule has 0 aliphatic heterocycles. The van der Waals surface area contributed by atoms with Crippen molar-refractivity contribution in [2.75, 3.05) is 20.0 Å². The molecule has 0 bridgehead atoms. The summed E-state index contributed by atoms with van der Waals surface area (Å²) < 4.78 is 37.4. The number of hydrogen-bond donors (Lipinski definition) is 1. The summed E-state index contributed by atoms with van der Waals surface area (Å²) in [6.45, 7) is 2.28. The van der Waals surface area contributed by atoms with Crippen molar-refractivity contribution >= 4 is 10.0 Å². The first-order valence-electron chi connectivity index (χ1n) is 7.67. The Labute approximate surface area is 143 Å². The van der Waals surface area contributed by atoms with Crippen LogP contribution in [-0.2, 0) is 23.0 Å². The van der Waals surface area contributed by atoms with Crippen molar-refractivity contribution in [3.05, 3.63) is 59.2 Å². The molecule has 0 aliphatic carbocycles. The molecule has 1 N–H and O–H groups in total. The number of nitrogens with one attached hydrogen (secondary N) is 1. The number of aryl methyl sites for hydroxylation is 2. The number of rotatable bonds is 8. The van der Waals surface area contributed by atoms with Crippen molar-refractivity contribution in [1.82, 2.24) is 4.72 Å². The van der Waals surface area contributed by atoms with Crippen LogP contribution in [0.25, 0.3) is 0 Å². The lowest BCUT2D eigenvalue weighted by molar-refractivity contribution is 0.354. The Balaban J connectivity index is 1.95. The van der Waals surface area contributed by atoms with E-state index in [2.05, 4.69) is 4.72 Å². The minimum atomic E-state index is -3.35. The first-order chi connectivity index (χ1) is 11.4. The van der Waals surface area contributed by atoms with Gasteiger partial charge in [0.2, 0.25) is 10.0 Å². The zero-order valence-electron chi connectivity index (χ0n) is 14.2. The molecule has 0 heterocycles. The van der Waals surface area contributed by atoms with Crippen LogP contribution < -0.4 is 14.2 Å². The number of benzene rings is 2. The van der Waals surface area contributed by atoms with Crippen LogP contribution in [0.4, 0.5) is 0 Å². The SMILES string of the molecule is COc1ccc(CCS(=O)(=O)NCc2cccc(C)c2)cc1OC. The van der Waals surface area contributed by atoms with Crippen molar-refractivity contribution in [2.24, 2.45) is 0 Å². The van der Waals surface area contributed by atoms with Gasteiger partial charge in [0, 0.05) is 6.54 Å². The van der Waals surface area contributed by atoms with Gasteiger partial charge in [0.25, 0.3) is 0 Å². The van der Waals surface area contributed by atoms with Crippen LogP contribution in [-0.4, -0.2) is 28.4 Å². The van der Waals surface area contributed by atoms with Gasteiger partial charge < -0.3 is 9.47 Å². The second kappa shape index (κ2) is 8.17. The molecule has 0 saturated carbocycles. The van der Waals surface area contributed by atoms with Crippen LogP contribution in [0.3, 0.4) is 0 Å². The molecule has 24 heavy (non-hydrogen) atoms. The zero-order valence-corrected chi connectivity index (χ0v) is 15.0. The van der Waals surface area contributed by atoms with Crippen molar-refractivity contribution in [3.8, 4) is 11.5 Å². The predicted molar refractivity (Wildman–Crippen MR) is 95.1 cm³/mol. The minimum absolute atomic E-state index is 0.0221. The fraction of sp³-hybridized carbons (Fsp3) is 0.333. The first-order valence-corrected chi connectivity index (χ1v) is 9.32. The lowest BCUT2D eigenvalue weighted by atomic mass is 10.1. The van der Waals surface area contributed by atoms with E-state index in [0.717, 1.165) is 16.7 Å². The van der Waals surface area contributed by atoms with Crippen molar-refractivity contribution in [2.45, 2.75) is 19.9 Å². The van der Waals surface area contributed by atoms with Crippen LogP contribution in [0, 0.1) is 6.92 Å². The maximum absolute atomic E-state index is 12.2. The largest absolute Gasteiger partial charge is 0.493 e. The van der Waals surface area contributed by atoms with Crippen LogP contribution in [0.2, 0.25) is 0 Å². The maximum Gasteiger partial charge on any atom is 0.212 e. The van der Waals surface area contributed by atoms with Crippen LogP contribution in [0.5, 0.6) is 11.5 Å². The van der Waals surface area contributed by atoms with E-state index < -0.39 is 10.0 Å². The van der Waals surface area contributed by atoms with Gasteiger partial charge in [-0.25, -0.2) is 13.1 Å². The van der Waals surface area contributed by atoms with Gasteiger partial charge in [0.15, 0.2) is 11.5 Å². The van der Waals surface area contributed by atoms with E-state index >= 15 is 0 Å². The fourth-order valence-corrected chi connectivity index (χ4v) is 3.41. The molecule has 0 saturated heterocycles. The van der Waals surface area contributed by atoms with Gasteiger partial charge in [0.05, 0.1) is 20.0 Å². The average Bonchev–Trinajstić information content (AvgIpc) is 2.58. The summed E-state index contributed by atoms with van der Waals surface area (Å²) in [6, 6.07) is 13.2. The Hall–Kier alpha value is -2.05. The van der Waals surface area contributed by atoms with E-state index in [1.807, 2.05) is 37.3 Å². The maximum atomic E-state index is 12.2. The molecular weight excluding hydrogens is 326 g/mol. The standard InChI is InChI=1S/C18H23NO4S/c1-14-5-4-6-16(11-14)13-19-24(20,21)10-9-15-7-8-17(22-2)18(12-15)23-3/h4-8,11-12,19H,9-10,13H2,1-3H3. The molecule has 2 aromatic carbocycles. The molecule has 0 radical (unpaired) electrons. The van der Waals surface area contributed by atoms with Crippen LogP contribution >= 0.6 is 0 Å². The van der Waals surface area contributed by atoms with Gasteiger partial charge in [-0.05, 0) is 36.6 Å². The Bertz CT molecular complexity index is 787. The second-order valence-electron chi connectivity index (χ2n) is 5.57. The predicted octanol–water partition coefficient (Wildman–Crippen LogP) is 2.67. The van der Waals surface area contributed by atoms with Crippen molar-refractivity contribution in [1.29, 1.82) is 0 Å². The third-order valence-electron chi connectivity index (χ3n) is 3.69. The third-order valence-corrected chi connectivity index (χ3v) is 5.01. The molecule has 0 fully saturated rings. The molecule has 0 aliphatic rings. The van der Waals surface area contributed by atoms with Crippen molar-refractivity contribution in [3.63, 3.8) is 0 Å².